The molecule has 0 aromatic heterocycles. The van der Waals surface area contributed by atoms with E-state index in [-0.39, 0.29) is 0 Å². The molecule has 0 fully saturated rings. The minimum absolute atomic E-state index is 0.344. The van der Waals surface area contributed by atoms with E-state index in [1.807, 2.05) is 18.2 Å². The summed E-state index contributed by atoms with van der Waals surface area (Å²) in [6, 6.07) is 8.04. The Kier molecular flexibility index (Phi) is 3.73. The van der Waals surface area contributed by atoms with Gasteiger partial charge in [0, 0.05) is 35.9 Å². The van der Waals surface area contributed by atoms with Gasteiger partial charge >= 0.3 is 0 Å². The van der Waals surface area contributed by atoms with E-state index in [0.29, 0.717) is 31.0 Å². The summed E-state index contributed by atoms with van der Waals surface area (Å²) >= 11 is 5.95. The molecule has 0 amide bonds. The van der Waals surface area contributed by atoms with Gasteiger partial charge in [-0.3, -0.25) is 5.32 Å². The summed E-state index contributed by atoms with van der Waals surface area (Å²) in [6.45, 7) is 0.844. The van der Waals surface area contributed by atoms with Crippen LogP contribution in [0.2, 0.25) is 5.02 Å². The van der Waals surface area contributed by atoms with Gasteiger partial charge in [-0.1, -0.05) is 22.8 Å². The van der Waals surface area contributed by atoms with E-state index in [2.05, 4.69) is 21.4 Å². The molecule has 5 nitrogen and oxygen atoms in total. The molecule has 92 valence electrons. The summed E-state index contributed by atoms with van der Waals surface area (Å²) in [7, 11) is 0. The Morgan fingerprint density at radius 2 is 2.28 bits per heavy atom. The van der Waals surface area contributed by atoms with E-state index in [0.717, 1.165) is 11.1 Å². The SMILES string of the molecule is N#CC1(NCCN=[N+]=[N-])Cc2ccc(Cl)cc2C1. The van der Waals surface area contributed by atoms with Crippen molar-refractivity contribution in [3.05, 3.63) is 44.8 Å². The maximum atomic E-state index is 9.37. The van der Waals surface area contributed by atoms with E-state index < -0.39 is 5.54 Å². The molecule has 1 aromatic carbocycles. The van der Waals surface area contributed by atoms with Crippen molar-refractivity contribution in [2.45, 2.75) is 18.4 Å². The van der Waals surface area contributed by atoms with E-state index in [1.165, 1.54) is 0 Å². The highest BCUT2D eigenvalue weighted by Crippen LogP contribution is 2.31. The minimum Gasteiger partial charge on any atom is -0.299 e. The first-order chi connectivity index (χ1) is 8.69. The standard InChI is InChI=1S/C12H12ClN5/c13-11-2-1-9-6-12(8-14,7-10(9)5-11)16-3-4-17-18-15/h1-2,5,16H,3-4,6-7H2. The van der Waals surface area contributed by atoms with Crippen LogP contribution in [0.25, 0.3) is 10.4 Å². The molecule has 6 heteroatoms. The molecule has 0 heterocycles. The molecule has 1 aliphatic carbocycles. The highest BCUT2D eigenvalue weighted by molar-refractivity contribution is 6.30. The number of hydrogen-bond donors (Lipinski definition) is 1. The average molecular weight is 262 g/mol. The molecule has 0 saturated carbocycles. The number of rotatable bonds is 4. The van der Waals surface area contributed by atoms with Crippen LogP contribution >= 0.6 is 11.6 Å². The van der Waals surface area contributed by atoms with Gasteiger partial charge in [-0.15, -0.1) is 0 Å². The second-order valence-electron chi connectivity index (χ2n) is 4.34. The van der Waals surface area contributed by atoms with Crippen LogP contribution in [0.15, 0.2) is 23.3 Å². The summed E-state index contributed by atoms with van der Waals surface area (Å²) < 4.78 is 0. The van der Waals surface area contributed by atoms with Crippen molar-refractivity contribution in [2.75, 3.05) is 13.1 Å². The van der Waals surface area contributed by atoms with Crippen LogP contribution in [0, 0.1) is 11.3 Å². The fraction of sp³-hybridized carbons (Fsp3) is 0.417. The van der Waals surface area contributed by atoms with Crippen molar-refractivity contribution in [1.82, 2.24) is 5.32 Å². The van der Waals surface area contributed by atoms with Crippen LogP contribution < -0.4 is 5.32 Å². The van der Waals surface area contributed by atoms with E-state index in [4.69, 9.17) is 17.1 Å². The van der Waals surface area contributed by atoms with Gasteiger partial charge in [0.2, 0.25) is 0 Å². The van der Waals surface area contributed by atoms with E-state index in [1.54, 1.807) is 0 Å². The summed E-state index contributed by atoms with van der Waals surface area (Å²) in [6.07, 6.45) is 1.29. The molecule has 0 bridgehead atoms. The molecule has 0 spiro atoms. The normalized spacial score (nSPS) is 20.9. The number of benzene rings is 1. The van der Waals surface area contributed by atoms with Gasteiger partial charge < -0.3 is 0 Å². The quantitative estimate of drug-likeness (QED) is 0.391. The van der Waals surface area contributed by atoms with Crippen LogP contribution in [0.1, 0.15) is 11.1 Å². The minimum atomic E-state index is -0.599. The lowest BCUT2D eigenvalue weighted by Crippen LogP contribution is -2.45. The first kappa shape index (κ1) is 12.7. The van der Waals surface area contributed by atoms with Crippen molar-refractivity contribution in [3.8, 4) is 6.07 Å². The van der Waals surface area contributed by atoms with Gasteiger partial charge in [0.25, 0.3) is 0 Å². The van der Waals surface area contributed by atoms with Gasteiger partial charge in [-0.2, -0.15) is 5.26 Å². The molecule has 2 rings (SSSR count). The fourth-order valence-corrected chi connectivity index (χ4v) is 2.47. The van der Waals surface area contributed by atoms with Gasteiger partial charge in [0.05, 0.1) is 6.07 Å². The lowest BCUT2D eigenvalue weighted by molar-refractivity contribution is 0.437. The lowest BCUT2D eigenvalue weighted by atomic mass is 9.98. The molecule has 0 aliphatic heterocycles. The van der Waals surface area contributed by atoms with Crippen molar-refractivity contribution in [3.63, 3.8) is 0 Å². The van der Waals surface area contributed by atoms with Gasteiger partial charge in [0.1, 0.15) is 5.54 Å². The predicted molar refractivity (Wildman–Crippen MR) is 69.2 cm³/mol. The molecule has 1 atom stereocenters. The zero-order valence-electron chi connectivity index (χ0n) is 9.73. The molecule has 1 aliphatic rings. The maximum Gasteiger partial charge on any atom is 0.114 e. The summed E-state index contributed by atoms with van der Waals surface area (Å²) in [5.74, 6) is 0. The Bertz CT molecular complexity index is 544. The van der Waals surface area contributed by atoms with Crippen molar-refractivity contribution in [2.24, 2.45) is 5.11 Å². The number of nitrogens with zero attached hydrogens (tertiary/aromatic N) is 4. The first-order valence-electron chi connectivity index (χ1n) is 5.63. The third-order valence-corrected chi connectivity index (χ3v) is 3.34. The van der Waals surface area contributed by atoms with Gasteiger partial charge in [0.15, 0.2) is 0 Å². The second-order valence-corrected chi connectivity index (χ2v) is 4.78. The number of azide groups is 1. The third kappa shape index (κ3) is 2.57. The van der Waals surface area contributed by atoms with Crippen molar-refractivity contribution >= 4 is 11.6 Å². The molecular weight excluding hydrogens is 250 g/mol. The van der Waals surface area contributed by atoms with E-state index >= 15 is 0 Å². The predicted octanol–water partition coefficient (Wildman–Crippen LogP) is 2.60. The Morgan fingerprint density at radius 1 is 1.50 bits per heavy atom. The summed E-state index contributed by atoms with van der Waals surface area (Å²) in [5.41, 5.74) is 9.87. The highest BCUT2D eigenvalue weighted by atomic mass is 35.5. The summed E-state index contributed by atoms with van der Waals surface area (Å²) in [4.78, 5) is 2.68. The maximum absolute atomic E-state index is 9.37. The Labute approximate surface area is 110 Å². The topological polar surface area (TPSA) is 84.6 Å². The fourth-order valence-electron chi connectivity index (χ4n) is 2.28. The Hall–Kier alpha value is -1.73. The van der Waals surface area contributed by atoms with Crippen LogP contribution in [0.4, 0.5) is 0 Å². The molecule has 0 saturated heterocycles. The van der Waals surface area contributed by atoms with Crippen LogP contribution in [-0.4, -0.2) is 18.6 Å². The average Bonchev–Trinajstić information content (AvgIpc) is 2.73. The van der Waals surface area contributed by atoms with Gasteiger partial charge in [-0.05, 0) is 28.8 Å². The number of nitriles is 1. The highest BCUT2D eigenvalue weighted by Gasteiger charge is 2.36. The van der Waals surface area contributed by atoms with Crippen molar-refractivity contribution in [1.29, 1.82) is 5.26 Å². The molecule has 1 aromatic rings. The van der Waals surface area contributed by atoms with Crippen LogP contribution in [0.5, 0.6) is 0 Å². The van der Waals surface area contributed by atoms with Crippen LogP contribution in [-0.2, 0) is 12.8 Å². The third-order valence-electron chi connectivity index (χ3n) is 3.11. The van der Waals surface area contributed by atoms with E-state index in [9.17, 15) is 5.26 Å². The monoisotopic (exact) mass is 261 g/mol. The lowest BCUT2D eigenvalue weighted by Gasteiger charge is -2.21. The molecular formula is C12H12ClN5. The van der Waals surface area contributed by atoms with Crippen LogP contribution in [0.3, 0.4) is 0 Å². The Balaban J connectivity index is 2.09. The second kappa shape index (κ2) is 5.28. The smallest absolute Gasteiger partial charge is 0.114 e. The molecule has 1 N–H and O–H groups in total. The zero-order chi connectivity index (χ0) is 13.0. The number of nitrogens with one attached hydrogen (secondary N) is 1. The van der Waals surface area contributed by atoms with Crippen molar-refractivity contribution < 1.29 is 0 Å². The molecule has 18 heavy (non-hydrogen) atoms. The number of halogens is 1. The van der Waals surface area contributed by atoms with Gasteiger partial charge in [-0.25, -0.2) is 0 Å². The first-order valence-corrected chi connectivity index (χ1v) is 6.01. The largest absolute Gasteiger partial charge is 0.299 e. The summed E-state index contributed by atoms with van der Waals surface area (Å²) in [5, 5.41) is 16.7. The molecule has 1 unspecified atom stereocenters. The number of fused-ring (bicyclic) bond motifs is 1. The number of hydrogen-bond acceptors (Lipinski definition) is 3. The molecule has 0 radical (unpaired) electrons. The Morgan fingerprint density at radius 3 is 3.00 bits per heavy atom. The zero-order valence-corrected chi connectivity index (χ0v) is 10.5.